The van der Waals surface area contributed by atoms with Gasteiger partial charge in [-0.3, -0.25) is 9.59 Å². The van der Waals surface area contributed by atoms with Gasteiger partial charge in [0.15, 0.2) is 0 Å². The van der Waals surface area contributed by atoms with Gasteiger partial charge in [0.05, 0.1) is 10.9 Å². The largest absolute Gasteiger partial charge is 0.324 e. The highest BCUT2D eigenvalue weighted by atomic mass is 32.2. The van der Waals surface area contributed by atoms with Gasteiger partial charge in [0, 0.05) is 34.1 Å². The highest BCUT2D eigenvalue weighted by Crippen LogP contribution is 2.36. The lowest BCUT2D eigenvalue weighted by Gasteiger charge is -2.25. The van der Waals surface area contributed by atoms with Gasteiger partial charge in [-0.05, 0) is 74.2 Å². The predicted molar refractivity (Wildman–Crippen MR) is 116 cm³/mol. The van der Waals surface area contributed by atoms with Gasteiger partial charge >= 0.3 is 0 Å². The maximum Gasteiger partial charge on any atom is 0.255 e. The van der Waals surface area contributed by atoms with Crippen LogP contribution in [0.4, 0.5) is 11.4 Å². The molecule has 5 nitrogen and oxygen atoms in total. The topological polar surface area (TPSA) is 61.4 Å². The molecule has 2 aliphatic rings. The van der Waals surface area contributed by atoms with E-state index in [1.54, 1.807) is 24.1 Å². The van der Waals surface area contributed by atoms with E-state index < -0.39 is 0 Å². The summed E-state index contributed by atoms with van der Waals surface area (Å²) in [6.07, 6.45) is 3.85. The summed E-state index contributed by atoms with van der Waals surface area (Å²) < 4.78 is 2.40. The summed E-state index contributed by atoms with van der Waals surface area (Å²) in [6.45, 7) is 4.14. The molecule has 0 spiro atoms. The lowest BCUT2D eigenvalue weighted by Crippen LogP contribution is -2.26. The van der Waals surface area contributed by atoms with Crippen LogP contribution in [0.5, 0.6) is 0 Å². The summed E-state index contributed by atoms with van der Waals surface area (Å²) in [6, 6.07) is 13.4. The van der Waals surface area contributed by atoms with Crippen molar-refractivity contribution in [1.29, 1.82) is 0 Å². The van der Waals surface area contributed by atoms with E-state index in [1.807, 2.05) is 37.3 Å². The van der Waals surface area contributed by atoms with E-state index in [0.29, 0.717) is 11.3 Å². The highest BCUT2D eigenvalue weighted by Gasteiger charge is 2.23. The van der Waals surface area contributed by atoms with Gasteiger partial charge < -0.3 is 10.6 Å². The number of rotatable bonds is 4. The number of carbonyl (C=O) groups excluding carboxylic acids is 2. The molecule has 0 aromatic heterocycles. The second-order valence-electron chi connectivity index (χ2n) is 7.02. The maximum atomic E-state index is 12.6. The quantitative estimate of drug-likeness (QED) is 0.701. The standard InChI is InChI=1S/C21H23N3O2S2/c1-14-20(25)23-18-13-15(5-10-19(18)27-14)21(26)22-16-6-8-17(9-7-16)28-24-11-3-2-4-12-24/h5-10,13-14H,2-4,11-12H2,1H3,(H,22,26)(H,23,25). The Morgan fingerprint density at radius 2 is 1.89 bits per heavy atom. The number of hydrogen-bond donors (Lipinski definition) is 2. The molecule has 1 fully saturated rings. The van der Waals surface area contributed by atoms with Crippen molar-refractivity contribution in [3.05, 3.63) is 48.0 Å². The summed E-state index contributed by atoms with van der Waals surface area (Å²) in [5, 5.41) is 5.69. The van der Waals surface area contributed by atoms with E-state index in [9.17, 15) is 9.59 Å². The second kappa shape index (κ2) is 8.59. The third-order valence-electron chi connectivity index (χ3n) is 4.83. The molecule has 2 heterocycles. The molecule has 2 aromatic rings. The van der Waals surface area contributed by atoms with Crippen molar-refractivity contribution in [2.24, 2.45) is 0 Å². The molecule has 4 rings (SSSR count). The molecule has 146 valence electrons. The van der Waals surface area contributed by atoms with E-state index in [4.69, 9.17) is 0 Å². The van der Waals surface area contributed by atoms with Crippen LogP contribution in [0.25, 0.3) is 0 Å². The molecule has 0 bridgehead atoms. The van der Waals surface area contributed by atoms with Crippen LogP contribution in [0.2, 0.25) is 0 Å². The fourth-order valence-electron chi connectivity index (χ4n) is 3.26. The maximum absolute atomic E-state index is 12.6. The summed E-state index contributed by atoms with van der Waals surface area (Å²) in [7, 11) is 0. The molecular weight excluding hydrogens is 390 g/mol. The first-order valence-electron chi connectivity index (χ1n) is 9.54. The molecule has 2 aromatic carbocycles. The zero-order valence-electron chi connectivity index (χ0n) is 15.7. The third-order valence-corrected chi connectivity index (χ3v) is 7.12. The number of fused-ring (bicyclic) bond motifs is 1. The SMILES string of the molecule is CC1Sc2ccc(C(=O)Nc3ccc(SN4CCCCC4)cc3)cc2NC1=O. The van der Waals surface area contributed by atoms with Crippen molar-refractivity contribution in [3.63, 3.8) is 0 Å². The average Bonchev–Trinajstić information content (AvgIpc) is 2.71. The van der Waals surface area contributed by atoms with Crippen molar-refractivity contribution in [3.8, 4) is 0 Å². The van der Waals surface area contributed by atoms with E-state index >= 15 is 0 Å². The Morgan fingerprint density at radius 1 is 1.14 bits per heavy atom. The van der Waals surface area contributed by atoms with Crippen LogP contribution in [0, 0.1) is 0 Å². The highest BCUT2D eigenvalue weighted by molar-refractivity contribution is 8.01. The van der Waals surface area contributed by atoms with Crippen molar-refractivity contribution >= 4 is 46.9 Å². The smallest absolute Gasteiger partial charge is 0.255 e. The number of anilines is 2. The monoisotopic (exact) mass is 413 g/mol. The Labute approximate surface area is 173 Å². The molecule has 0 radical (unpaired) electrons. The summed E-state index contributed by atoms with van der Waals surface area (Å²) >= 11 is 3.29. The summed E-state index contributed by atoms with van der Waals surface area (Å²) in [5.41, 5.74) is 1.99. The molecule has 0 saturated carbocycles. The molecule has 2 aliphatic heterocycles. The lowest BCUT2D eigenvalue weighted by molar-refractivity contribution is -0.115. The number of nitrogens with zero attached hydrogens (tertiary/aromatic N) is 1. The molecule has 1 saturated heterocycles. The number of piperidine rings is 1. The van der Waals surface area contributed by atoms with E-state index in [1.165, 1.54) is 35.9 Å². The molecule has 1 atom stereocenters. The first kappa shape index (κ1) is 19.4. The Hall–Kier alpha value is -1.96. The molecule has 0 aliphatic carbocycles. The van der Waals surface area contributed by atoms with Crippen LogP contribution < -0.4 is 10.6 Å². The Kier molecular flexibility index (Phi) is 5.94. The molecule has 7 heteroatoms. The Morgan fingerprint density at radius 3 is 2.64 bits per heavy atom. The van der Waals surface area contributed by atoms with Crippen LogP contribution in [0.3, 0.4) is 0 Å². The lowest BCUT2D eigenvalue weighted by atomic mass is 10.1. The molecule has 2 N–H and O–H groups in total. The fourth-order valence-corrected chi connectivity index (χ4v) is 5.18. The van der Waals surface area contributed by atoms with Crippen LogP contribution in [-0.4, -0.2) is 34.5 Å². The number of carbonyl (C=O) groups is 2. The van der Waals surface area contributed by atoms with Gasteiger partial charge in [0.1, 0.15) is 0 Å². The summed E-state index contributed by atoms with van der Waals surface area (Å²) in [4.78, 5) is 26.6. The van der Waals surface area contributed by atoms with Gasteiger partial charge in [-0.15, -0.1) is 11.8 Å². The second-order valence-corrected chi connectivity index (χ2v) is 9.57. The van der Waals surface area contributed by atoms with Crippen LogP contribution >= 0.6 is 23.7 Å². The van der Waals surface area contributed by atoms with Gasteiger partial charge in [-0.25, -0.2) is 4.31 Å². The third kappa shape index (κ3) is 4.54. The number of hydrogen-bond acceptors (Lipinski definition) is 5. The predicted octanol–water partition coefficient (Wildman–Crippen LogP) is 4.86. The van der Waals surface area contributed by atoms with Gasteiger partial charge in [0.25, 0.3) is 5.91 Å². The molecular formula is C21H23N3O2S2. The first-order valence-corrected chi connectivity index (χ1v) is 11.2. The van der Waals surface area contributed by atoms with E-state index in [0.717, 1.165) is 23.7 Å². The van der Waals surface area contributed by atoms with Gasteiger partial charge in [-0.1, -0.05) is 6.42 Å². The van der Waals surface area contributed by atoms with Crippen LogP contribution in [0.15, 0.2) is 52.3 Å². The van der Waals surface area contributed by atoms with E-state index in [-0.39, 0.29) is 17.1 Å². The molecule has 28 heavy (non-hydrogen) atoms. The minimum Gasteiger partial charge on any atom is -0.324 e. The van der Waals surface area contributed by atoms with Crippen molar-refractivity contribution < 1.29 is 9.59 Å². The fraction of sp³-hybridized carbons (Fsp3) is 0.333. The Bertz CT molecular complexity index is 880. The summed E-state index contributed by atoms with van der Waals surface area (Å²) in [5.74, 6) is -0.214. The number of thioether (sulfide) groups is 1. The first-order chi connectivity index (χ1) is 13.6. The van der Waals surface area contributed by atoms with Crippen LogP contribution in [0.1, 0.15) is 36.5 Å². The minimum atomic E-state index is -0.183. The van der Waals surface area contributed by atoms with Crippen molar-refractivity contribution in [1.82, 2.24) is 4.31 Å². The Balaban J connectivity index is 1.39. The zero-order valence-corrected chi connectivity index (χ0v) is 17.4. The molecule has 1 unspecified atom stereocenters. The van der Waals surface area contributed by atoms with Crippen molar-refractivity contribution in [2.45, 2.75) is 41.2 Å². The number of amides is 2. The van der Waals surface area contributed by atoms with Crippen LogP contribution in [-0.2, 0) is 4.79 Å². The molecule has 2 amide bonds. The zero-order chi connectivity index (χ0) is 19.5. The minimum absolute atomic E-state index is 0.0307. The van der Waals surface area contributed by atoms with Gasteiger partial charge in [0.2, 0.25) is 5.91 Å². The van der Waals surface area contributed by atoms with Crippen molar-refractivity contribution in [2.75, 3.05) is 23.7 Å². The van der Waals surface area contributed by atoms with Gasteiger partial charge in [-0.2, -0.15) is 0 Å². The number of nitrogens with one attached hydrogen (secondary N) is 2. The normalized spacial score (nSPS) is 19.6. The number of benzene rings is 2. The average molecular weight is 414 g/mol. The van der Waals surface area contributed by atoms with E-state index in [2.05, 4.69) is 14.9 Å².